The van der Waals surface area contributed by atoms with E-state index >= 15 is 0 Å². The molecule has 2 aromatic rings. The van der Waals surface area contributed by atoms with Crippen molar-refractivity contribution < 1.29 is 4.79 Å². The Hall–Kier alpha value is -2.19. The molecule has 0 atom stereocenters. The van der Waals surface area contributed by atoms with E-state index in [2.05, 4.69) is 66.9 Å². The van der Waals surface area contributed by atoms with Gasteiger partial charge in [-0.2, -0.15) is 9.61 Å². The van der Waals surface area contributed by atoms with Crippen molar-refractivity contribution in [2.24, 2.45) is 5.92 Å². The van der Waals surface area contributed by atoms with E-state index in [4.69, 9.17) is 4.98 Å². The number of likely N-dealkylation sites (N-methyl/N-ethyl adjacent to an activating group) is 1. The van der Waals surface area contributed by atoms with Crippen molar-refractivity contribution >= 4 is 17.4 Å². The largest absolute Gasteiger partial charge is 0.354 e. The smallest absolute Gasteiger partial charge is 0.226 e. The molecule has 8 heteroatoms. The number of likely N-dealkylation sites (tertiary alicyclic amines) is 1. The summed E-state index contributed by atoms with van der Waals surface area (Å²) in [5, 5.41) is 7.98. The van der Waals surface area contributed by atoms with Crippen molar-refractivity contribution in [1.82, 2.24) is 29.7 Å². The first kappa shape index (κ1) is 22.6. The number of piperidine rings is 1. The van der Waals surface area contributed by atoms with Crippen LogP contribution in [0.3, 0.4) is 0 Å². The van der Waals surface area contributed by atoms with E-state index in [0.717, 1.165) is 63.3 Å². The number of anilines is 1. The van der Waals surface area contributed by atoms with Crippen LogP contribution in [0.15, 0.2) is 12.3 Å². The minimum Gasteiger partial charge on any atom is -0.354 e. The number of rotatable bonds is 3. The zero-order chi connectivity index (χ0) is 23.5. The number of carbonyl (C=O) groups is 1. The lowest BCUT2D eigenvalue weighted by Crippen LogP contribution is -2.64. The molecule has 0 spiro atoms. The maximum Gasteiger partial charge on any atom is 0.226 e. The third-order valence-corrected chi connectivity index (χ3v) is 8.37. The lowest BCUT2D eigenvalue weighted by molar-refractivity contribution is -0.128. The standard InChI is InChI=1S/C25H39N7O/c1-24(2)13-18(14-25(3,4)30(24)6)27-22(33)17-15-31(16-17)23-19-8-11-29(5)12-9-20(19)28-21-7-10-26-32(21)23/h7,10,17-18H,8-9,11-16H2,1-6H3,(H,27,33). The maximum absolute atomic E-state index is 13.2. The molecule has 2 saturated heterocycles. The molecule has 0 unspecified atom stereocenters. The first-order valence-electron chi connectivity index (χ1n) is 12.4. The summed E-state index contributed by atoms with van der Waals surface area (Å²) in [6.07, 6.45) is 5.71. The normalized spacial score (nSPS) is 24.4. The molecule has 5 rings (SSSR count). The van der Waals surface area contributed by atoms with Gasteiger partial charge < -0.3 is 15.1 Å². The van der Waals surface area contributed by atoms with E-state index < -0.39 is 0 Å². The van der Waals surface area contributed by atoms with E-state index in [9.17, 15) is 4.79 Å². The van der Waals surface area contributed by atoms with Gasteiger partial charge in [-0.05, 0) is 61.1 Å². The Labute approximate surface area is 197 Å². The molecule has 33 heavy (non-hydrogen) atoms. The SMILES string of the molecule is CN1CCc2nc3ccnn3c(N3CC(C(=O)NC4CC(C)(C)N(C)C(C)(C)C4)C3)c2CC1. The Morgan fingerprint density at radius 2 is 1.73 bits per heavy atom. The summed E-state index contributed by atoms with van der Waals surface area (Å²) in [6.45, 7) is 12.6. The van der Waals surface area contributed by atoms with E-state index in [1.807, 2.05) is 16.8 Å². The molecule has 0 radical (unpaired) electrons. The lowest BCUT2D eigenvalue weighted by atomic mass is 9.77. The molecule has 3 aliphatic rings. The Morgan fingerprint density at radius 1 is 1.06 bits per heavy atom. The fraction of sp³-hybridized carbons (Fsp3) is 0.720. The van der Waals surface area contributed by atoms with Gasteiger partial charge >= 0.3 is 0 Å². The molecule has 180 valence electrons. The summed E-state index contributed by atoms with van der Waals surface area (Å²) in [4.78, 5) is 25.2. The highest BCUT2D eigenvalue weighted by molar-refractivity contribution is 5.82. The molecule has 5 heterocycles. The van der Waals surface area contributed by atoms with Crippen LogP contribution in [0.25, 0.3) is 5.65 Å². The zero-order valence-electron chi connectivity index (χ0n) is 21.1. The Kier molecular flexibility index (Phi) is 5.44. The molecule has 8 nitrogen and oxygen atoms in total. The van der Waals surface area contributed by atoms with Gasteiger partial charge in [0.05, 0.1) is 17.8 Å². The predicted octanol–water partition coefficient (Wildman–Crippen LogP) is 1.96. The summed E-state index contributed by atoms with van der Waals surface area (Å²) in [5.74, 6) is 1.36. The molecule has 1 amide bonds. The third-order valence-electron chi connectivity index (χ3n) is 8.37. The predicted molar refractivity (Wildman–Crippen MR) is 131 cm³/mol. The summed E-state index contributed by atoms with van der Waals surface area (Å²) < 4.78 is 1.97. The van der Waals surface area contributed by atoms with Gasteiger partial charge in [0, 0.05) is 61.3 Å². The number of hydrogen-bond donors (Lipinski definition) is 1. The molecule has 2 aromatic heterocycles. The Morgan fingerprint density at radius 3 is 2.42 bits per heavy atom. The van der Waals surface area contributed by atoms with Crippen molar-refractivity contribution in [1.29, 1.82) is 0 Å². The van der Waals surface area contributed by atoms with Crippen LogP contribution in [-0.2, 0) is 17.6 Å². The molecular formula is C25H39N7O. The van der Waals surface area contributed by atoms with Gasteiger partial charge in [-0.1, -0.05) is 0 Å². The fourth-order valence-corrected chi connectivity index (χ4v) is 6.12. The summed E-state index contributed by atoms with van der Waals surface area (Å²) in [5.41, 5.74) is 3.52. The van der Waals surface area contributed by atoms with Gasteiger partial charge in [-0.15, -0.1) is 0 Å². The summed E-state index contributed by atoms with van der Waals surface area (Å²) >= 11 is 0. The highest BCUT2D eigenvalue weighted by Crippen LogP contribution is 2.37. The number of nitrogens with zero attached hydrogens (tertiary/aromatic N) is 6. The van der Waals surface area contributed by atoms with Crippen LogP contribution in [0.4, 0.5) is 5.82 Å². The van der Waals surface area contributed by atoms with Crippen LogP contribution in [0, 0.1) is 5.92 Å². The lowest BCUT2D eigenvalue weighted by Gasteiger charge is -2.54. The van der Waals surface area contributed by atoms with Crippen LogP contribution in [0.2, 0.25) is 0 Å². The summed E-state index contributed by atoms with van der Waals surface area (Å²) in [6, 6.07) is 2.20. The molecular weight excluding hydrogens is 414 g/mol. The second-order valence-electron chi connectivity index (χ2n) is 11.7. The van der Waals surface area contributed by atoms with Gasteiger partial charge in [0.25, 0.3) is 0 Å². The second kappa shape index (κ2) is 7.94. The first-order valence-corrected chi connectivity index (χ1v) is 12.4. The van der Waals surface area contributed by atoms with E-state index in [-0.39, 0.29) is 28.9 Å². The third kappa shape index (κ3) is 4.01. The van der Waals surface area contributed by atoms with Crippen molar-refractivity contribution in [3.8, 4) is 0 Å². The molecule has 0 aromatic carbocycles. The number of carbonyl (C=O) groups excluding carboxylic acids is 1. The molecule has 3 aliphatic heterocycles. The number of fused-ring (bicyclic) bond motifs is 2. The quantitative estimate of drug-likeness (QED) is 0.766. The van der Waals surface area contributed by atoms with Gasteiger partial charge in [-0.25, -0.2) is 4.98 Å². The van der Waals surface area contributed by atoms with Crippen molar-refractivity contribution in [3.05, 3.63) is 23.5 Å². The zero-order valence-corrected chi connectivity index (χ0v) is 21.1. The fourth-order valence-electron chi connectivity index (χ4n) is 6.12. The van der Waals surface area contributed by atoms with Crippen LogP contribution in [-0.4, -0.2) is 87.7 Å². The molecule has 2 fully saturated rings. The van der Waals surface area contributed by atoms with Gasteiger partial charge in [0.15, 0.2) is 5.65 Å². The van der Waals surface area contributed by atoms with Crippen molar-refractivity contribution in [2.45, 2.75) is 70.5 Å². The Balaban J connectivity index is 1.30. The average molecular weight is 454 g/mol. The van der Waals surface area contributed by atoms with Gasteiger partial charge in [0.2, 0.25) is 5.91 Å². The number of aromatic nitrogens is 3. The molecule has 0 saturated carbocycles. The van der Waals surface area contributed by atoms with Gasteiger partial charge in [-0.3, -0.25) is 9.69 Å². The minimum absolute atomic E-state index is 0.0266. The molecule has 1 N–H and O–H groups in total. The number of nitrogens with one attached hydrogen (secondary N) is 1. The average Bonchev–Trinajstić information content (AvgIpc) is 3.07. The van der Waals surface area contributed by atoms with Crippen LogP contribution >= 0.6 is 0 Å². The highest BCUT2D eigenvalue weighted by Gasteiger charge is 2.44. The topological polar surface area (TPSA) is 69.0 Å². The number of hydrogen-bond acceptors (Lipinski definition) is 6. The number of amides is 1. The van der Waals surface area contributed by atoms with Crippen LogP contribution in [0.5, 0.6) is 0 Å². The second-order valence-corrected chi connectivity index (χ2v) is 11.7. The van der Waals surface area contributed by atoms with Gasteiger partial charge in [0.1, 0.15) is 5.82 Å². The first-order chi connectivity index (χ1) is 15.5. The van der Waals surface area contributed by atoms with Crippen LogP contribution in [0.1, 0.15) is 51.8 Å². The monoisotopic (exact) mass is 453 g/mol. The highest BCUT2D eigenvalue weighted by atomic mass is 16.2. The minimum atomic E-state index is 0.0266. The van der Waals surface area contributed by atoms with Crippen molar-refractivity contribution in [3.63, 3.8) is 0 Å². The molecule has 0 aliphatic carbocycles. The molecule has 0 bridgehead atoms. The van der Waals surface area contributed by atoms with E-state index in [1.54, 1.807) is 0 Å². The summed E-state index contributed by atoms with van der Waals surface area (Å²) in [7, 11) is 4.37. The van der Waals surface area contributed by atoms with E-state index in [0.29, 0.717) is 0 Å². The van der Waals surface area contributed by atoms with Crippen LogP contribution < -0.4 is 10.2 Å². The van der Waals surface area contributed by atoms with Crippen molar-refractivity contribution in [2.75, 3.05) is 45.2 Å². The van der Waals surface area contributed by atoms with E-state index in [1.165, 1.54) is 11.3 Å². The maximum atomic E-state index is 13.2. The Bertz CT molecular complexity index is 1030.